The van der Waals surface area contributed by atoms with Gasteiger partial charge in [-0.15, -0.1) is 0 Å². The molecule has 1 aliphatic heterocycles. The second-order valence-corrected chi connectivity index (χ2v) is 6.28. The Morgan fingerprint density at radius 2 is 1.85 bits per heavy atom. The van der Waals surface area contributed by atoms with Crippen LogP contribution in [0.15, 0.2) is 36.7 Å². The number of nitrogens with zero attached hydrogens (tertiary/aromatic N) is 4. The first-order chi connectivity index (χ1) is 12.8. The summed E-state index contributed by atoms with van der Waals surface area (Å²) in [6, 6.07) is 7.01. The topological polar surface area (TPSA) is 41.4 Å². The number of carbonyl (C=O) groups is 1. The van der Waals surface area contributed by atoms with E-state index in [1.807, 2.05) is 32.0 Å². The van der Waals surface area contributed by atoms with Gasteiger partial charge >= 0.3 is 12.2 Å². The molecule has 1 aromatic heterocycles. The Kier molecular flexibility index (Phi) is 7.26. The largest absolute Gasteiger partial charge is 0.419 e. The zero-order chi connectivity index (χ0) is 20.0. The second kappa shape index (κ2) is 9.23. The molecule has 0 radical (unpaired) electrons. The molecule has 0 atom stereocenters. The summed E-state index contributed by atoms with van der Waals surface area (Å²) in [7, 11) is 0. The predicted octanol–water partition coefficient (Wildman–Crippen LogP) is 4.37. The van der Waals surface area contributed by atoms with Crippen molar-refractivity contribution in [2.45, 2.75) is 26.6 Å². The number of amides is 1. The average molecular weight is 403 g/mol. The number of carbonyl (C=O) groups excluding carboxylic acids is 1. The van der Waals surface area contributed by atoms with Crippen LogP contribution in [-0.2, 0) is 12.7 Å². The highest BCUT2D eigenvalue weighted by Gasteiger charge is 2.33. The second-order valence-electron chi connectivity index (χ2n) is 5.85. The highest BCUT2D eigenvalue weighted by Crippen LogP contribution is 2.28. The molecular formula is C18H22ClF3N4O. The molecule has 27 heavy (non-hydrogen) atoms. The Morgan fingerprint density at radius 1 is 1.19 bits per heavy atom. The molecule has 148 valence electrons. The van der Waals surface area contributed by atoms with Gasteiger partial charge in [-0.2, -0.15) is 23.0 Å². The van der Waals surface area contributed by atoms with Crippen LogP contribution in [0.1, 0.15) is 25.0 Å². The van der Waals surface area contributed by atoms with Gasteiger partial charge in [0.1, 0.15) is 0 Å². The van der Waals surface area contributed by atoms with Crippen LogP contribution >= 0.6 is 11.6 Å². The fraction of sp³-hybridized carbons (Fsp3) is 0.444. The van der Waals surface area contributed by atoms with Crippen LogP contribution in [0, 0.1) is 0 Å². The Bertz CT molecular complexity index is 755. The summed E-state index contributed by atoms with van der Waals surface area (Å²) in [6.07, 6.45) is -3.12. The van der Waals surface area contributed by atoms with Gasteiger partial charge < -0.3 is 4.90 Å². The van der Waals surface area contributed by atoms with Gasteiger partial charge in [-0.05, 0) is 17.7 Å². The number of hydrogen-bond donors (Lipinski definition) is 0. The number of hydrogen-bond acceptors (Lipinski definition) is 3. The molecule has 0 bridgehead atoms. The number of rotatable bonds is 2. The van der Waals surface area contributed by atoms with E-state index < -0.39 is 17.8 Å². The molecule has 0 N–H and O–H groups in total. The van der Waals surface area contributed by atoms with Crippen molar-refractivity contribution in [2.75, 3.05) is 26.2 Å². The van der Waals surface area contributed by atoms with Crippen molar-refractivity contribution >= 4 is 17.6 Å². The summed E-state index contributed by atoms with van der Waals surface area (Å²) in [5.74, 6) is 0. The van der Waals surface area contributed by atoms with Crippen molar-refractivity contribution in [3.63, 3.8) is 0 Å². The Hall–Kier alpha value is -2.06. The quantitative estimate of drug-likeness (QED) is 0.749. The van der Waals surface area contributed by atoms with Crippen LogP contribution < -0.4 is 0 Å². The van der Waals surface area contributed by atoms with E-state index in [0.29, 0.717) is 43.9 Å². The number of piperazine rings is 1. The number of halogens is 4. The average Bonchev–Trinajstić information content (AvgIpc) is 3.14. The van der Waals surface area contributed by atoms with Crippen LogP contribution in [0.2, 0.25) is 5.02 Å². The highest BCUT2D eigenvalue weighted by atomic mass is 35.5. The third-order valence-corrected chi connectivity index (χ3v) is 4.28. The molecule has 2 aromatic rings. The predicted molar refractivity (Wildman–Crippen MR) is 97.7 cm³/mol. The van der Waals surface area contributed by atoms with Crippen LogP contribution in [0.4, 0.5) is 18.0 Å². The SMILES string of the molecule is CC.O=C(N1CCN(Cc2cccc(Cl)c2)CC1)n1cc(C(F)(F)F)cn1. The van der Waals surface area contributed by atoms with Crippen LogP contribution in [-0.4, -0.2) is 51.8 Å². The Labute approximate surface area is 161 Å². The van der Waals surface area contributed by atoms with E-state index in [-0.39, 0.29) is 0 Å². The van der Waals surface area contributed by atoms with Gasteiger partial charge in [0.2, 0.25) is 0 Å². The first-order valence-electron chi connectivity index (χ1n) is 8.71. The minimum atomic E-state index is -4.51. The normalized spacial score (nSPS) is 15.3. The maximum absolute atomic E-state index is 12.6. The first-order valence-corrected chi connectivity index (χ1v) is 9.09. The fourth-order valence-electron chi connectivity index (χ4n) is 2.71. The molecular weight excluding hydrogens is 381 g/mol. The maximum atomic E-state index is 12.6. The summed E-state index contributed by atoms with van der Waals surface area (Å²) < 4.78 is 38.5. The van der Waals surface area contributed by atoms with Gasteiger partial charge in [0, 0.05) is 43.9 Å². The summed E-state index contributed by atoms with van der Waals surface area (Å²) in [5, 5.41) is 4.20. The van der Waals surface area contributed by atoms with Crippen molar-refractivity contribution in [1.82, 2.24) is 19.6 Å². The summed E-state index contributed by atoms with van der Waals surface area (Å²) in [6.45, 7) is 6.83. The van der Waals surface area contributed by atoms with E-state index in [9.17, 15) is 18.0 Å². The van der Waals surface area contributed by atoms with Gasteiger partial charge in [0.05, 0.1) is 11.8 Å². The third-order valence-electron chi connectivity index (χ3n) is 4.04. The molecule has 1 saturated heterocycles. The van der Waals surface area contributed by atoms with E-state index >= 15 is 0 Å². The molecule has 0 saturated carbocycles. The van der Waals surface area contributed by atoms with Crippen molar-refractivity contribution in [1.29, 1.82) is 0 Å². The number of benzene rings is 1. The van der Waals surface area contributed by atoms with Gasteiger partial charge in [-0.1, -0.05) is 37.6 Å². The molecule has 0 aliphatic carbocycles. The van der Waals surface area contributed by atoms with E-state index in [1.54, 1.807) is 6.07 Å². The summed E-state index contributed by atoms with van der Waals surface area (Å²) >= 11 is 5.97. The van der Waals surface area contributed by atoms with E-state index in [4.69, 9.17) is 11.6 Å². The van der Waals surface area contributed by atoms with E-state index in [2.05, 4.69) is 10.00 Å². The van der Waals surface area contributed by atoms with Gasteiger partial charge in [0.25, 0.3) is 0 Å². The molecule has 2 heterocycles. The van der Waals surface area contributed by atoms with Crippen molar-refractivity contribution in [3.05, 3.63) is 52.8 Å². The van der Waals surface area contributed by atoms with Gasteiger partial charge in [0.15, 0.2) is 0 Å². The van der Waals surface area contributed by atoms with E-state index in [1.165, 1.54) is 4.90 Å². The molecule has 3 rings (SSSR count). The third kappa shape index (κ3) is 5.71. The van der Waals surface area contributed by atoms with E-state index in [0.717, 1.165) is 16.4 Å². The lowest BCUT2D eigenvalue weighted by molar-refractivity contribution is -0.137. The lowest BCUT2D eigenvalue weighted by atomic mass is 10.2. The molecule has 0 unspecified atom stereocenters. The molecule has 9 heteroatoms. The van der Waals surface area contributed by atoms with Gasteiger partial charge in [-0.3, -0.25) is 4.90 Å². The summed E-state index contributed by atoms with van der Waals surface area (Å²) in [4.78, 5) is 15.9. The first kappa shape index (κ1) is 21.2. The van der Waals surface area contributed by atoms with Crippen LogP contribution in [0.25, 0.3) is 0 Å². The van der Waals surface area contributed by atoms with Crippen LogP contribution in [0.5, 0.6) is 0 Å². The monoisotopic (exact) mass is 402 g/mol. The lowest BCUT2D eigenvalue weighted by Crippen LogP contribution is -2.49. The Morgan fingerprint density at radius 3 is 2.41 bits per heavy atom. The standard InChI is InChI=1S/C16H16ClF3N4O.C2H6/c17-14-3-1-2-12(8-14)10-22-4-6-23(7-5-22)15(25)24-11-13(9-21-24)16(18,19)20;1-2/h1-3,8-9,11H,4-7,10H2;1-2H3. The van der Waals surface area contributed by atoms with Crippen molar-refractivity contribution in [2.24, 2.45) is 0 Å². The number of aromatic nitrogens is 2. The Balaban J connectivity index is 0.00000126. The zero-order valence-electron chi connectivity index (χ0n) is 15.2. The smallest absolute Gasteiger partial charge is 0.320 e. The van der Waals surface area contributed by atoms with Gasteiger partial charge in [-0.25, -0.2) is 4.79 Å². The summed E-state index contributed by atoms with van der Waals surface area (Å²) in [5.41, 5.74) is 0.148. The van der Waals surface area contributed by atoms with Crippen molar-refractivity contribution < 1.29 is 18.0 Å². The zero-order valence-corrected chi connectivity index (χ0v) is 16.0. The maximum Gasteiger partial charge on any atom is 0.419 e. The minimum absolute atomic E-state index is 0.431. The molecule has 1 fully saturated rings. The lowest BCUT2D eigenvalue weighted by Gasteiger charge is -2.34. The fourth-order valence-corrected chi connectivity index (χ4v) is 2.92. The molecule has 1 aromatic carbocycles. The van der Waals surface area contributed by atoms with Crippen molar-refractivity contribution in [3.8, 4) is 0 Å². The highest BCUT2D eigenvalue weighted by molar-refractivity contribution is 6.30. The van der Waals surface area contributed by atoms with Crippen LogP contribution in [0.3, 0.4) is 0 Å². The molecule has 5 nitrogen and oxygen atoms in total. The minimum Gasteiger partial charge on any atom is -0.320 e. The number of alkyl halides is 3. The molecule has 0 spiro atoms. The molecule has 1 aliphatic rings. The molecule has 1 amide bonds.